The van der Waals surface area contributed by atoms with Crippen LogP contribution in [0.5, 0.6) is 0 Å². The molecule has 3 aromatic carbocycles. The lowest BCUT2D eigenvalue weighted by molar-refractivity contribution is 0.0576. The normalized spacial score (nSPS) is 13.5. The van der Waals surface area contributed by atoms with Crippen molar-refractivity contribution in [1.29, 1.82) is 5.26 Å². The molecule has 0 saturated carbocycles. The largest absolute Gasteiger partial charge is 0.480 e. The Balaban J connectivity index is 1.79. The Morgan fingerprint density at radius 1 is 0.919 bits per heavy atom. The first-order valence-electron chi connectivity index (χ1n) is 12.1. The number of hydrogen-bond acceptors (Lipinski definition) is 7. The zero-order valence-corrected chi connectivity index (χ0v) is 21.0. The molecule has 37 heavy (non-hydrogen) atoms. The highest BCUT2D eigenvalue weighted by molar-refractivity contribution is 6.23. The number of azo groups is 1. The molecule has 186 valence electrons. The van der Waals surface area contributed by atoms with Gasteiger partial charge in [-0.3, -0.25) is 19.4 Å². The minimum atomic E-state index is -0.395. The lowest BCUT2D eigenvalue weighted by Crippen LogP contribution is -2.39. The monoisotopic (exact) mass is 493 g/mol. The lowest BCUT2D eigenvalue weighted by atomic mass is 10.1. The van der Waals surface area contributed by atoms with Crippen molar-refractivity contribution in [3.8, 4) is 6.07 Å². The van der Waals surface area contributed by atoms with Crippen LogP contribution >= 0.6 is 0 Å². The predicted molar refractivity (Wildman–Crippen MR) is 140 cm³/mol. The second-order valence-corrected chi connectivity index (χ2v) is 8.33. The smallest absolute Gasteiger partial charge is 0.264 e. The van der Waals surface area contributed by atoms with Gasteiger partial charge >= 0.3 is 0 Å². The van der Waals surface area contributed by atoms with Crippen LogP contribution in [0.15, 0.2) is 101 Å². The van der Waals surface area contributed by atoms with E-state index in [9.17, 15) is 14.9 Å². The number of carbonyl (C=O) groups excluding carboxylic acids is 2. The topological polar surface area (TPSA) is 98.4 Å². The molecule has 0 atom stereocenters. The van der Waals surface area contributed by atoms with Gasteiger partial charge in [0.15, 0.2) is 0 Å². The van der Waals surface area contributed by atoms with Crippen LogP contribution in [0.25, 0.3) is 0 Å². The van der Waals surface area contributed by atoms with Gasteiger partial charge in [0.1, 0.15) is 6.07 Å². The van der Waals surface area contributed by atoms with Gasteiger partial charge in [-0.1, -0.05) is 56.3 Å². The van der Waals surface area contributed by atoms with E-state index in [1.54, 1.807) is 23.1 Å². The average molecular weight is 494 g/mol. The van der Waals surface area contributed by atoms with Crippen molar-refractivity contribution in [2.45, 2.75) is 32.7 Å². The molecule has 4 rings (SSSR count). The first-order chi connectivity index (χ1) is 18.0. The highest BCUT2D eigenvalue weighted by Gasteiger charge is 2.40. The number of imide groups is 1. The third-order valence-electron chi connectivity index (χ3n) is 6.22. The molecule has 2 amide bonds. The number of carbonyl (C=O) groups is 2. The molecule has 0 spiro atoms. The summed E-state index contributed by atoms with van der Waals surface area (Å²) in [7, 11) is 1.46. The number of benzene rings is 3. The summed E-state index contributed by atoms with van der Waals surface area (Å²) in [6.45, 7) is 3.89. The number of ether oxygens (including phenoxy) is 1. The molecule has 0 N–H and O–H groups in total. The molecule has 8 heteroatoms. The summed E-state index contributed by atoms with van der Waals surface area (Å²) in [5.41, 5.74) is 2.13. The van der Waals surface area contributed by atoms with Crippen molar-refractivity contribution < 1.29 is 14.3 Å². The SMILES string of the molecule is CCC(CC)N1C(=O)c2cccc(N=N/C(C#N)=C(\OC)N(c3ccccc3)c3ccccc3)c2C1=O. The molecule has 0 bridgehead atoms. The molecule has 1 aliphatic heterocycles. The summed E-state index contributed by atoms with van der Waals surface area (Å²) in [5, 5.41) is 18.5. The van der Waals surface area contributed by atoms with Crippen LogP contribution in [-0.4, -0.2) is 29.9 Å². The van der Waals surface area contributed by atoms with Gasteiger partial charge in [-0.25, -0.2) is 0 Å². The molecule has 0 fully saturated rings. The zero-order chi connectivity index (χ0) is 26.4. The van der Waals surface area contributed by atoms with E-state index in [4.69, 9.17) is 4.74 Å². The summed E-state index contributed by atoms with van der Waals surface area (Å²) in [6, 6.07) is 25.6. The van der Waals surface area contributed by atoms with Crippen LogP contribution in [-0.2, 0) is 4.74 Å². The number of amides is 2. The van der Waals surface area contributed by atoms with E-state index < -0.39 is 5.91 Å². The molecule has 1 heterocycles. The maximum absolute atomic E-state index is 13.3. The third-order valence-corrected chi connectivity index (χ3v) is 6.22. The van der Waals surface area contributed by atoms with E-state index in [2.05, 4.69) is 16.3 Å². The van der Waals surface area contributed by atoms with Crippen molar-refractivity contribution >= 4 is 28.9 Å². The first-order valence-corrected chi connectivity index (χ1v) is 12.1. The van der Waals surface area contributed by atoms with E-state index in [-0.39, 0.29) is 40.3 Å². The maximum atomic E-state index is 13.3. The molecule has 1 aliphatic rings. The molecule has 0 aromatic heterocycles. The summed E-state index contributed by atoms with van der Waals surface area (Å²) < 4.78 is 5.67. The number of fused-ring (bicyclic) bond motifs is 1. The van der Waals surface area contributed by atoms with Crippen molar-refractivity contribution in [2.24, 2.45) is 10.2 Å². The average Bonchev–Trinajstić information content (AvgIpc) is 3.20. The molecule has 3 aromatic rings. The van der Waals surface area contributed by atoms with Crippen molar-refractivity contribution in [1.82, 2.24) is 4.90 Å². The Labute approximate surface area is 216 Å². The molecular formula is C29H27N5O3. The van der Waals surface area contributed by atoms with Gasteiger partial charge < -0.3 is 4.74 Å². The molecule has 0 radical (unpaired) electrons. The van der Waals surface area contributed by atoms with E-state index in [0.29, 0.717) is 12.8 Å². The number of nitriles is 1. The fraction of sp³-hybridized carbons (Fsp3) is 0.207. The van der Waals surface area contributed by atoms with Crippen molar-refractivity contribution in [3.63, 3.8) is 0 Å². The van der Waals surface area contributed by atoms with Gasteiger partial charge in [-0.15, -0.1) is 10.2 Å². The van der Waals surface area contributed by atoms with Crippen molar-refractivity contribution in [2.75, 3.05) is 12.0 Å². The Bertz CT molecular complexity index is 1350. The van der Waals surface area contributed by atoms with Gasteiger partial charge in [0.2, 0.25) is 11.6 Å². The molecular weight excluding hydrogens is 466 g/mol. The van der Waals surface area contributed by atoms with E-state index in [1.807, 2.05) is 74.5 Å². The van der Waals surface area contributed by atoms with Gasteiger partial charge in [0.05, 0.1) is 23.9 Å². The minimum absolute atomic E-state index is 0.0959. The number of anilines is 2. The highest BCUT2D eigenvalue weighted by atomic mass is 16.5. The standard InChI is InChI=1S/C29H27N5O3/c1-4-20(5-2)34-27(35)23-17-12-18-24(26(23)28(34)36)31-32-25(19-30)29(37-3)33(21-13-8-6-9-14-21)22-15-10-7-11-16-22/h6-18,20H,4-5H2,1-3H3/b29-25-,32-31?. The number of para-hydroxylation sites is 2. The summed E-state index contributed by atoms with van der Waals surface area (Å²) in [6.07, 6.45) is 1.32. The second-order valence-electron chi connectivity index (χ2n) is 8.33. The first kappa shape index (κ1) is 25.3. The number of nitrogens with zero attached hydrogens (tertiary/aromatic N) is 5. The van der Waals surface area contributed by atoms with Crippen LogP contribution in [0.4, 0.5) is 17.1 Å². The fourth-order valence-electron chi connectivity index (χ4n) is 4.40. The van der Waals surface area contributed by atoms with Gasteiger partial charge in [0.25, 0.3) is 11.8 Å². The van der Waals surface area contributed by atoms with Gasteiger partial charge in [-0.2, -0.15) is 5.26 Å². The zero-order valence-electron chi connectivity index (χ0n) is 21.0. The van der Waals surface area contributed by atoms with Gasteiger partial charge in [-0.05, 0) is 49.2 Å². The summed E-state index contributed by atoms with van der Waals surface area (Å²) in [5.74, 6) is -0.566. The van der Waals surface area contributed by atoms with E-state index >= 15 is 0 Å². The molecule has 0 unspecified atom stereocenters. The minimum Gasteiger partial charge on any atom is -0.480 e. The van der Waals surface area contributed by atoms with Crippen LogP contribution in [0, 0.1) is 11.3 Å². The molecule has 8 nitrogen and oxygen atoms in total. The molecule has 0 saturated heterocycles. The Morgan fingerprint density at radius 2 is 1.51 bits per heavy atom. The van der Waals surface area contributed by atoms with Crippen LogP contribution in [0.1, 0.15) is 47.4 Å². The number of rotatable bonds is 9. The fourth-order valence-corrected chi connectivity index (χ4v) is 4.40. The number of allylic oxidation sites excluding steroid dienone is 1. The van der Waals surface area contributed by atoms with Crippen LogP contribution in [0.3, 0.4) is 0 Å². The third kappa shape index (κ3) is 4.84. The quantitative estimate of drug-likeness (QED) is 0.142. The summed E-state index contributed by atoms with van der Waals surface area (Å²) >= 11 is 0. The van der Waals surface area contributed by atoms with E-state index in [0.717, 1.165) is 11.4 Å². The summed E-state index contributed by atoms with van der Waals surface area (Å²) in [4.78, 5) is 29.3. The highest BCUT2D eigenvalue weighted by Crippen LogP contribution is 2.35. The Hall–Kier alpha value is -4.77. The number of hydrogen-bond donors (Lipinski definition) is 0. The number of methoxy groups -OCH3 is 1. The van der Waals surface area contributed by atoms with E-state index in [1.165, 1.54) is 12.0 Å². The Kier molecular flexibility index (Phi) is 7.74. The Morgan fingerprint density at radius 3 is 2.03 bits per heavy atom. The lowest BCUT2D eigenvalue weighted by Gasteiger charge is -2.26. The van der Waals surface area contributed by atoms with Crippen LogP contribution < -0.4 is 4.90 Å². The van der Waals surface area contributed by atoms with Crippen LogP contribution in [0.2, 0.25) is 0 Å². The van der Waals surface area contributed by atoms with Crippen molar-refractivity contribution in [3.05, 3.63) is 102 Å². The van der Waals surface area contributed by atoms with Gasteiger partial charge in [0, 0.05) is 17.4 Å². The maximum Gasteiger partial charge on any atom is 0.264 e. The second kappa shape index (κ2) is 11.3. The predicted octanol–water partition coefficient (Wildman–Crippen LogP) is 6.73. The molecule has 0 aliphatic carbocycles.